The Kier molecular flexibility index (Phi) is 2.89. The number of ether oxygens (including phenoxy) is 2. The van der Waals surface area contributed by atoms with Gasteiger partial charge in [-0.2, -0.15) is 4.57 Å². The van der Waals surface area contributed by atoms with Crippen molar-refractivity contribution in [1.82, 2.24) is 4.40 Å². The van der Waals surface area contributed by atoms with Gasteiger partial charge >= 0.3 is 11.9 Å². The summed E-state index contributed by atoms with van der Waals surface area (Å²) in [7, 11) is 2.63. The fourth-order valence-electron chi connectivity index (χ4n) is 4.12. The van der Waals surface area contributed by atoms with E-state index in [2.05, 4.69) is 10.6 Å². The highest BCUT2D eigenvalue weighted by molar-refractivity contribution is 6.17. The van der Waals surface area contributed by atoms with Gasteiger partial charge in [0.2, 0.25) is 5.69 Å². The summed E-state index contributed by atoms with van der Waals surface area (Å²) in [5.41, 5.74) is 6.06. The summed E-state index contributed by atoms with van der Waals surface area (Å²) < 4.78 is 14.1. The molecule has 0 saturated heterocycles. The van der Waals surface area contributed by atoms with E-state index < -0.39 is 11.9 Å². The third-order valence-electron chi connectivity index (χ3n) is 5.10. The van der Waals surface area contributed by atoms with Crippen LogP contribution in [0.15, 0.2) is 42.6 Å². The highest BCUT2D eigenvalue weighted by Gasteiger charge is 2.38. The molecular formula is C20H15N2O4+. The van der Waals surface area contributed by atoms with Gasteiger partial charge in [0.05, 0.1) is 41.9 Å². The lowest BCUT2D eigenvalue weighted by molar-refractivity contribution is -0.672. The zero-order valence-electron chi connectivity index (χ0n) is 14.3. The molecule has 0 saturated carbocycles. The van der Waals surface area contributed by atoms with Gasteiger partial charge in [0.15, 0.2) is 12.7 Å². The van der Waals surface area contributed by atoms with Crippen LogP contribution in [0.1, 0.15) is 26.3 Å². The van der Waals surface area contributed by atoms with E-state index in [0.717, 1.165) is 27.9 Å². The normalized spacial score (nSPS) is 12.4. The topological polar surface area (TPSA) is 60.9 Å². The molecule has 6 heteroatoms. The number of hydrogen-bond acceptors (Lipinski definition) is 4. The van der Waals surface area contributed by atoms with Crippen molar-refractivity contribution in [3.05, 3.63) is 59.3 Å². The molecule has 0 N–H and O–H groups in total. The number of fused-ring (bicyclic) bond motifs is 5. The Morgan fingerprint density at radius 3 is 2.46 bits per heavy atom. The Morgan fingerprint density at radius 2 is 1.69 bits per heavy atom. The number of hydrogen-bond donors (Lipinski definition) is 0. The molecule has 0 aromatic carbocycles. The summed E-state index contributed by atoms with van der Waals surface area (Å²) in [6, 6.07) is 11.8. The van der Waals surface area contributed by atoms with Crippen molar-refractivity contribution < 1.29 is 23.6 Å². The van der Waals surface area contributed by atoms with E-state index >= 15 is 0 Å². The molecule has 0 spiro atoms. The molecule has 1 aliphatic heterocycles. The lowest BCUT2D eigenvalue weighted by Gasteiger charge is -2.03. The first-order valence-electron chi connectivity index (χ1n) is 8.24. The largest absolute Gasteiger partial charge is 0.465 e. The molecule has 5 rings (SSSR count). The van der Waals surface area contributed by atoms with E-state index in [9.17, 15) is 9.59 Å². The molecule has 0 bridgehead atoms. The van der Waals surface area contributed by atoms with Crippen molar-refractivity contribution in [2.75, 3.05) is 14.2 Å². The van der Waals surface area contributed by atoms with E-state index in [1.54, 1.807) is 0 Å². The lowest BCUT2D eigenvalue weighted by atomic mass is 10.0. The van der Waals surface area contributed by atoms with Crippen molar-refractivity contribution in [2.45, 2.75) is 6.54 Å². The van der Waals surface area contributed by atoms with Crippen LogP contribution in [0.25, 0.3) is 27.8 Å². The van der Waals surface area contributed by atoms with E-state index in [1.165, 1.54) is 14.2 Å². The Bertz CT molecular complexity index is 1220. The van der Waals surface area contributed by atoms with E-state index in [4.69, 9.17) is 9.47 Å². The van der Waals surface area contributed by atoms with Crippen LogP contribution in [-0.4, -0.2) is 30.6 Å². The Morgan fingerprint density at radius 1 is 0.962 bits per heavy atom. The minimum Gasteiger partial charge on any atom is -0.465 e. The second-order valence-electron chi connectivity index (χ2n) is 6.28. The molecule has 0 aliphatic carbocycles. The van der Waals surface area contributed by atoms with Crippen LogP contribution in [-0.2, 0) is 16.0 Å². The van der Waals surface area contributed by atoms with Crippen LogP contribution in [0.3, 0.4) is 0 Å². The molecule has 26 heavy (non-hydrogen) atoms. The first-order chi connectivity index (χ1) is 12.7. The minimum absolute atomic E-state index is 0.253. The number of aromatic nitrogens is 2. The number of esters is 2. The molecule has 0 fully saturated rings. The predicted molar refractivity (Wildman–Crippen MR) is 93.5 cm³/mol. The lowest BCUT2D eigenvalue weighted by Crippen LogP contribution is -2.31. The van der Waals surface area contributed by atoms with Crippen LogP contribution in [0.2, 0.25) is 0 Å². The number of methoxy groups -OCH3 is 2. The number of rotatable bonds is 2. The molecule has 1 aliphatic rings. The number of carbonyl (C=O) groups excluding carboxylic acids is 2. The van der Waals surface area contributed by atoms with E-state index in [0.29, 0.717) is 12.1 Å². The second kappa shape index (κ2) is 5.05. The third-order valence-corrected chi connectivity index (χ3v) is 5.10. The van der Waals surface area contributed by atoms with Gasteiger partial charge in [-0.3, -0.25) is 0 Å². The number of carbonyl (C=O) groups is 2. The molecule has 4 aromatic rings. The van der Waals surface area contributed by atoms with Crippen molar-refractivity contribution in [2.24, 2.45) is 0 Å². The highest BCUT2D eigenvalue weighted by Crippen LogP contribution is 2.42. The molecular weight excluding hydrogens is 332 g/mol. The molecule has 0 radical (unpaired) electrons. The Hall–Kier alpha value is -3.41. The summed E-state index contributed by atoms with van der Waals surface area (Å²) in [5, 5.41) is 0. The second-order valence-corrected chi connectivity index (χ2v) is 6.28. The van der Waals surface area contributed by atoms with Crippen molar-refractivity contribution >= 4 is 28.5 Å². The zero-order valence-corrected chi connectivity index (χ0v) is 14.3. The van der Waals surface area contributed by atoms with Crippen LogP contribution in [0.4, 0.5) is 0 Å². The van der Waals surface area contributed by atoms with Crippen molar-refractivity contribution in [3.8, 4) is 11.3 Å². The summed E-state index contributed by atoms with van der Waals surface area (Å²) in [6.07, 6.45) is 2.01. The summed E-state index contributed by atoms with van der Waals surface area (Å²) in [6.45, 7) is 0.636. The van der Waals surface area contributed by atoms with Gasteiger partial charge in [-0.15, -0.1) is 0 Å². The van der Waals surface area contributed by atoms with Crippen LogP contribution < -0.4 is 4.57 Å². The Labute approximate surface area is 148 Å². The average molecular weight is 347 g/mol. The van der Waals surface area contributed by atoms with Crippen molar-refractivity contribution in [1.29, 1.82) is 0 Å². The smallest absolute Gasteiger partial charge is 0.340 e. The van der Waals surface area contributed by atoms with Crippen molar-refractivity contribution in [3.63, 3.8) is 0 Å². The maximum atomic E-state index is 12.6. The maximum absolute atomic E-state index is 12.6. The van der Waals surface area contributed by atoms with Gasteiger partial charge in [0.25, 0.3) is 0 Å². The van der Waals surface area contributed by atoms with Gasteiger partial charge in [0, 0.05) is 12.1 Å². The summed E-state index contributed by atoms with van der Waals surface area (Å²) >= 11 is 0. The molecule has 6 nitrogen and oxygen atoms in total. The molecule has 0 atom stereocenters. The maximum Gasteiger partial charge on any atom is 0.340 e. The Balaban J connectivity index is 1.99. The zero-order chi connectivity index (χ0) is 18.0. The van der Waals surface area contributed by atoms with Gasteiger partial charge in [-0.1, -0.05) is 6.07 Å². The van der Waals surface area contributed by atoms with Crippen LogP contribution in [0, 0.1) is 0 Å². The molecule has 5 heterocycles. The molecule has 0 unspecified atom stereocenters. The summed E-state index contributed by atoms with van der Waals surface area (Å²) in [5.74, 6) is -1.08. The standard InChI is InChI=1S/C20H15N2O4/c1-25-19(23)16-14-8-5-7-13-15-11(10-21-9-4-3-6-12(15)21)18(22(13)14)17(16)20(24)26-2/h3-9H,10H2,1-2H3/q+1. The SMILES string of the molecule is COC(=O)c1c(C(=O)OC)c2c3c(c4cccc1n42)-c1cccc[n+]1C3. The van der Waals surface area contributed by atoms with Gasteiger partial charge in [0.1, 0.15) is 11.1 Å². The monoisotopic (exact) mass is 347 g/mol. The first kappa shape index (κ1) is 14.9. The van der Waals surface area contributed by atoms with Crippen LogP contribution >= 0.6 is 0 Å². The quantitative estimate of drug-likeness (QED) is 0.363. The first-order valence-corrected chi connectivity index (χ1v) is 8.24. The number of pyridine rings is 2. The van der Waals surface area contributed by atoms with Gasteiger partial charge in [-0.25, -0.2) is 9.59 Å². The van der Waals surface area contributed by atoms with E-state index in [1.807, 2.05) is 40.9 Å². The third kappa shape index (κ3) is 1.63. The van der Waals surface area contributed by atoms with Crippen LogP contribution in [0.5, 0.6) is 0 Å². The highest BCUT2D eigenvalue weighted by atomic mass is 16.5. The minimum atomic E-state index is -0.543. The molecule has 4 aromatic heterocycles. The van der Waals surface area contributed by atoms with Gasteiger partial charge in [-0.05, 0) is 18.2 Å². The predicted octanol–water partition coefficient (Wildman–Crippen LogP) is 2.42. The fraction of sp³-hybridized carbons (Fsp3) is 0.150. The van der Waals surface area contributed by atoms with Gasteiger partial charge < -0.3 is 13.9 Å². The molecule has 128 valence electrons. The molecule has 0 amide bonds. The fourth-order valence-corrected chi connectivity index (χ4v) is 4.12. The number of nitrogens with zero attached hydrogens (tertiary/aromatic N) is 2. The summed E-state index contributed by atoms with van der Waals surface area (Å²) in [4.78, 5) is 25.1. The van der Waals surface area contributed by atoms with E-state index in [-0.39, 0.29) is 11.1 Å². The average Bonchev–Trinajstić information content (AvgIpc) is 3.31.